The minimum atomic E-state index is -0.689. The van der Waals surface area contributed by atoms with Crippen molar-refractivity contribution in [2.45, 2.75) is 76.9 Å². The van der Waals surface area contributed by atoms with Crippen molar-refractivity contribution in [2.24, 2.45) is 0 Å². The first kappa shape index (κ1) is 25.5. The predicted molar refractivity (Wildman–Crippen MR) is 131 cm³/mol. The lowest BCUT2D eigenvalue weighted by Gasteiger charge is -2.37. The summed E-state index contributed by atoms with van der Waals surface area (Å²) in [5.41, 5.74) is -0.716. The first-order valence-electron chi connectivity index (χ1n) is 11.6. The summed E-state index contributed by atoms with van der Waals surface area (Å²) in [6.45, 7) is 8.66. The maximum atomic E-state index is 13.3. The number of likely N-dealkylation sites (tertiary alicyclic amines) is 1. The van der Waals surface area contributed by atoms with Crippen LogP contribution < -0.4 is 9.64 Å². The Labute approximate surface area is 213 Å². The van der Waals surface area contributed by atoms with Gasteiger partial charge in [-0.3, -0.25) is 9.69 Å². The number of benzene rings is 1. The molecule has 0 unspecified atom stereocenters. The number of anilines is 1. The molecule has 0 radical (unpaired) electrons. The van der Waals surface area contributed by atoms with Crippen molar-refractivity contribution in [1.29, 1.82) is 0 Å². The topological polar surface area (TPSA) is 77.5 Å². The van der Waals surface area contributed by atoms with Gasteiger partial charge in [0.2, 0.25) is 0 Å². The van der Waals surface area contributed by atoms with Crippen molar-refractivity contribution in [3.05, 3.63) is 21.6 Å². The SMILES string of the molecule is CC(C)(C)OC(=O)N1C[C@@H](N2C(=O)COc3cc(Cl)cc(Br)c32)C[C@@]1(C)CO[C@H]1CCCCO1. The highest BCUT2D eigenvalue weighted by Crippen LogP contribution is 2.45. The second-order valence-corrected chi connectivity index (χ2v) is 11.6. The fourth-order valence-corrected chi connectivity index (χ4v) is 5.73. The Morgan fingerprint density at radius 2 is 2.09 bits per heavy atom. The summed E-state index contributed by atoms with van der Waals surface area (Å²) in [7, 11) is 0. The van der Waals surface area contributed by atoms with E-state index in [-0.39, 0.29) is 31.5 Å². The third kappa shape index (κ3) is 5.48. The number of ether oxygens (including phenoxy) is 4. The first-order valence-corrected chi connectivity index (χ1v) is 12.8. The Morgan fingerprint density at radius 1 is 1.32 bits per heavy atom. The summed E-state index contributed by atoms with van der Waals surface area (Å²) in [5, 5.41) is 0.507. The van der Waals surface area contributed by atoms with Crippen LogP contribution in [0, 0.1) is 0 Å². The normalized spacial score (nSPS) is 27.4. The number of fused-ring (bicyclic) bond motifs is 1. The lowest BCUT2D eigenvalue weighted by molar-refractivity contribution is -0.177. The van der Waals surface area contributed by atoms with Crippen LogP contribution in [0.4, 0.5) is 10.5 Å². The molecular formula is C24H32BrClN2O6. The third-order valence-corrected chi connectivity index (χ3v) is 7.09. The summed E-state index contributed by atoms with van der Waals surface area (Å²) in [4.78, 5) is 29.7. The fraction of sp³-hybridized carbons (Fsp3) is 0.667. The Morgan fingerprint density at radius 3 is 2.76 bits per heavy atom. The van der Waals surface area contributed by atoms with Gasteiger partial charge in [-0.2, -0.15) is 0 Å². The highest BCUT2D eigenvalue weighted by atomic mass is 79.9. The van der Waals surface area contributed by atoms with Gasteiger partial charge in [-0.05, 0) is 75.4 Å². The molecule has 0 aromatic heterocycles. The standard InChI is InChI=1S/C24H32BrClN2O6/c1-23(2,3)34-22(30)27-12-16(11-24(27,4)14-33-20-7-5-6-8-31-20)28-19(29)13-32-18-10-15(26)9-17(25)21(18)28/h9-10,16,20H,5-8,11-14H2,1-4H3/t16-,20-,24-/m0/s1. The van der Waals surface area contributed by atoms with E-state index in [9.17, 15) is 9.59 Å². The van der Waals surface area contributed by atoms with E-state index in [2.05, 4.69) is 15.9 Å². The highest BCUT2D eigenvalue weighted by Gasteiger charge is 2.50. The highest BCUT2D eigenvalue weighted by molar-refractivity contribution is 9.10. The maximum Gasteiger partial charge on any atom is 0.410 e. The third-order valence-electron chi connectivity index (χ3n) is 6.27. The van der Waals surface area contributed by atoms with Gasteiger partial charge in [0, 0.05) is 28.7 Å². The van der Waals surface area contributed by atoms with Crippen molar-refractivity contribution < 1.29 is 28.5 Å². The molecular weight excluding hydrogens is 528 g/mol. The van der Waals surface area contributed by atoms with E-state index in [0.29, 0.717) is 40.5 Å². The van der Waals surface area contributed by atoms with Crippen molar-refractivity contribution in [3.63, 3.8) is 0 Å². The second-order valence-electron chi connectivity index (χ2n) is 10.3. The van der Waals surface area contributed by atoms with Gasteiger partial charge in [-0.1, -0.05) is 11.6 Å². The molecule has 0 bridgehead atoms. The second kappa shape index (κ2) is 9.84. The molecule has 2 fully saturated rings. The molecule has 3 heterocycles. The van der Waals surface area contributed by atoms with Gasteiger partial charge < -0.3 is 23.8 Å². The van der Waals surface area contributed by atoms with Crippen LogP contribution >= 0.6 is 27.5 Å². The van der Waals surface area contributed by atoms with Crippen molar-refractivity contribution in [3.8, 4) is 5.75 Å². The monoisotopic (exact) mass is 558 g/mol. The molecule has 188 valence electrons. The van der Waals surface area contributed by atoms with E-state index in [1.807, 2.05) is 27.7 Å². The van der Waals surface area contributed by atoms with Crippen LogP contribution in [0.3, 0.4) is 0 Å². The maximum absolute atomic E-state index is 13.3. The van der Waals surface area contributed by atoms with E-state index in [4.69, 9.17) is 30.5 Å². The van der Waals surface area contributed by atoms with E-state index in [1.165, 1.54) is 0 Å². The molecule has 0 aliphatic carbocycles. The number of carbonyl (C=O) groups is 2. The van der Waals surface area contributed by atoms with Crippen molar-refractivity contribution in [1.82, 2.24) is 4.90 Å². The van der Waals surface area contributed by atoms with E-state index in [1.54, 1.807) is 21.9 Å². The fourth-order valence-electron chi connectivity index (χ4n) is 4.76. The summed E-state index contributed by atoms with van der Waals surface area (Å²) < 4.78 is 23.9. The number of hydrogen-bond donors (Lipinski definition) is 0. The molecule has 2 saturated heterocycles. The molecule has 2 amide bonds. The molecule has 8 nitrogen and oxygen atoms in total. The number of carbonyl (C=O) groups excluding carboxylic acids is 2. The number of hydrogen-bond acceptors (Lipinski definition) is 6. The Kier molecular flexibility index (Phi) is 7.39. The largest absolute Gasteiger partial charge is 0.481 e. The molecule has 0 N–H and O–H groups in total. The van der Waals surface area contributed by atoms with Gasteiger partial charge in [0.25, 0.3) is 5.91 Å². The Hall–Kier alpha value is -1.55. The van der Waals surface area contributed by atoms with Crippen LogP contribution in [-0.4, -0.2) is 66.7 Å². The minimum Gasteiger partial charge on any atom is -0.481 e. The minimum absolute atomic E-state index is 0.0914. The van der Waals surface area contributed by atoms with Crippen LogP contribution in [0.1, 0.15) is 53.4 Å². The molecule has 1 aromatic rings. The van der Waals surface area contributed by atoms with Gasteiger partial charge in [0.15, 0.2) is 12.9 Å². The molecule has 34 heavy (non-hydrogen) atoms. The quantitative estimate of drug-likeness (QED) is 0.508. The smallest absolute Gasteiger partial charge is 0.410 e. The molecule has 0 spiro atoms. The van der Waals surface area contributed by atoms with Crippen LogP contribution in [-0.2, 0) is 19.0 Å². The van der Waals surface area contributed by atoms with Gasteiger partial charge in [-0.15, -0.1) is 0 Å². The zero-order valence-electron chi connectivity index (χ0n) is 20.1. The zero-order chi connectivity index (χ0) is 24.7. The Balaban J connectivity index is 1.62. The number of amides is 2. The summed E-state index contributed by atoms with van der Waals surface area (Å²) in [5.74, 6) is 0.355. The van der Waals surface area contributed by atoms with Crippen LogP contribution in [0.25, 0.3) is 0 Å². The van der Waals surface area contributed by atoms with Crippen molar-refractivity contribution >= 4 is 45.2 Å². The number of rotatable bonds is 4. The van der Waals surface area contributed by atoms with E-state index < -0.39 is 17.2 Å². The lowest BCUT2D eigenvalue weighted by atomic mass is 9.97. The molecule has 10 heteroatoms. The number of halogens is 2. The van der Waals surface area contributed by atoms with Gasteiger partial charge in [0.1, 0.15) is 17.0 Å². The summed E-state index contributed by atoms with van der Waals surface area (Å²) in [6, 6.07) is 3.14. The zero-order valence-corrected chi connectivity index (χ0v) is 22.4. The Bertz CT molecular complexity index is 948. The summed E-state index contributed by atoms with van der Waals surface area (Å²) >= 11 is 9.74. The van der Waals surface area contributed by atoms with Gasteiger partial charge in [0.05, 0.1) is 18.2 Å². The van der Waals surface area contributed by atoms with Crippen LogP contribution in [0.2, 0.25) is 5.02 Å². The van der Waals surface area contributed by atoms with Crippen molar-refractivity contribution in [2.75, 3.05) is 31.3 Å². The van der Waals surface area contributed by atoms with E-state index in [0.717, 1.165) is 19.3 Å². The molecule has 4 rings (SSSR count). The average molecular weight is 560 g/mol. The molecule has 3 aliphatic rings. The first-order chi connectivity index (χ1) is 16.0. The summed E-state index contributed by atoms with van der Waals surface area (Å²) in [6.07, 6.45) is 2.71. The molecule has 0 saturated carbocycles. The van der Waals surface area contributed by atoms with Gasteiger partial charge >= 0.3 is 6.09 Å². The van der Waals surface area contributed by atoms with Gasteiger partial charge in [-0.25, -0.2) is 4.79 Å². The predicted octanol–water partition coefficient (Wildman–Crippen LogP) is 5.14. The molecule has 1 aromatic carbocycles. The number of nitrogens with zero attached hydrogens (tertiary/aromatic N) is 2. The van der Waals surface area contributed by atoms with Crippen LogP contribution in [0.5, 0.6) is 5.75 Å². The molecule has 3 aliphatic heterocycles. The average Bonchev–Trinajstić information content (AvgIpc) is 3.10. The molecule has 3 atom stereocenters. The van der Waals surface area contributed by atoms with E-state index >= 15 is 0 Å². The lowest BCUT2D eigenvalue weighted by Crippen LogP contribution is -2.50. The van der Waals surface area contributed by atoms with Crippen LogP contribution in [0.15, 0.2) is 16.6 Å².